The van der Waals surface area contributed by atoms with Crippen LogP contribution >= 0.6 is 0 Å². The lowest BCUT2D eigenvalue weighted by molar-refractivity contribution is -0.155. The predicted molar refractivity (Wildman–Crippen MR) is 98.6 cm³/mol. The number of hydrogen-bond acceptors (Lipinski definition) is 5. The Kier molecular flexibility index (Phi) is 6.60. The van der Waals surface area contributed by atoms with E-state index >= 15 is 0 Å². The van der Waals surface area contributed by atoms with Gasteiger partial charge < -0.3 is 19.5 Å². The second kappa shape index (κ2) is 8.89. The number of aryl methyl sites for hydroxylation is 2. The molecule has 0 fully saturated rings. The van der Waals surface area contributed by atoms with Crippen LogP contribution in [0.3, 0.4) is 0 Å². The van der Waals surface area contributed by atoms with Gasteiger partial charge in [0.2, 0.25) is 0 Å². The van der Waals surface area contributed by atoms with Crippen molar-refractivity contribution in [2.24, 2.45) is 0 Å². The second-order valence-corrected chi connectivity index (χ2v) is 5.91. The van der Waals surface area contributed by atoms with Crippen molar-refractivity contribution >= 4 is 17.6 Å². The summed E-state index contributed by atoms with van der Waals surface area (Å²) in [5.74, 6) is 0.270. The van der Waals surface area contributed by atoms with E-state index < -0.39 is 18.0 Å². The molecule has 138 valence electrons. The SMILES string of the molecule is COc1ccc(NC(=O)[C@H](C)OC(=O)COc2ccc(C)cc2C)cc1. The fraction of sp³-hybridized carbons (Fsp3) is 0.300. The molecule has 1 N–H and O–H groups in total. The van der Waals surface area contributed by atoms with Crippen molar-refractivity contribution in [3.63, 3.8) is 0 Å². The number of rotatable bonds is 7. The smallest absolute Gasteiger partial charge is 0.344 e. The van der Waals surface area contributed by atoms with Crippen molar-refractivity contribution in [2.45, 2.75) is 26.9 Å². The molecule has 1 atom stereocenters. The summed E-state index contributed by atoms with van der Waals surface area (Å²) in [7, 11) is 1.56. The molecular formula is C20H23NO5. The quantitative estimate of drug-likeness (QED) is 0.770. The van der Waals surface area contributed by atoms with Crippen molar-refractivity contribution < 1.29 is 23.8 Å². The van der Waals surface area contributed by atoms with E-state index in [1.54, 1.807) is 37.4 Å². The Labute approximate surface area is 153 Å². The minimum atomic E-state index is -0.938. The molecule has 6 nitrogen and oxygen atoms in total. The highest BCUT2D eigenvalue weighted by atomic mass is 16.6. The summed E-state index contributed by atoms with van der Waals surface area (Å²) in [6.07, 6.45) is -0.938. The number of esters is 1. The van der Waals surface area contributed by atoms with Gasteiger partial charge in [-0.05, 0) is 56.7 Å². The van der Waals surface area contributed by atoms with Crippen molar-refractivity contribution in [1.29, 1.82) is 0 Å². The van der Waals surface area contributed by atoms with Gasteiger partial charge in [-0.25, -0.2) is 4.79 Å². The number of hydrogen-bond donors (Lipinski definition) is 1. The summed E-state index contributed by atoms with van der Waals surface area (Å²) in [4.78, 5) is 24.0. The molecule has 1 amide bonds. The fourth-order valence-electron chi connectivity index (χ4n) is 2.30. The molecular weight excluding hydrogens is 334 g/mol. The maximum Gasteiger partial charge on any atom is 0.344 e. The first-order chi connectivity index (χ1) is 12.4. The van der Waals surface area contributed by atoms with E-state index in [1.807, 2.05) is 26.0 Å². The number of methoxy groups -OCH3 is 1. The molecule has 0 spiro atoms. The van der Waals surface area contributed by atoms with Crippen LogP contribution in [0.2, 0.25) is 0 Å². The van der Waals surface area contributed by atoms with Crippen LogP contribution in [0.1, 0.15) is 18.1 Å². The van der Waals surface area contributed by atoms with Crippen LogP contribution < -0.4 is 14.8 Å². The Morgan fingerprint density at radius 3 is 2.38 bits per heavy atom. The average Bonchev–Trinajstić information content (AvgIpc) is 2.61. The van der Waals surface area contributed by atoms with Gasteiger partial charge in [-0.3, -0.25) is 4.79 Å². The third kappa shape index (κ3) is 5.51. The van der Waals surface area contributed by atoms with E-state index in [0.717, 1.165) is 11.1 Å². The van der Waals surface area contributed by atoms with Gasteiger partial charge in [-0.2, -0.15) is 0 Å². The molecule has 0 aromatic heterocycles. The van der Waals surface area contributed by atoms with E-state index in [2.05, 4.69) is 5.32 Å². The average molecular weight is 357 g/mol. The Morgan fingerprint density at radius 2 is 1.77 bits per heavy atom. The molecule has 2 aromatic carbocycles. The summed E-state index contributed by atoms with van der Waals surface area (Å²) in [6, 6.07) is 12.5. The van der Waals surface area contributed by atoms with Gasteiger partial charge in [-0.15, -0.1) is 0 Å². The van der Waals surface area contributed by atoms with Gasteiger partial charge >= 0.3 is 5.97 Å². The molecule has 0 unspecified atom stereocenters. The van der Waals surface area contributed by atoms with Crippen molar-refractivity contribution in [2.75, 3.05) is 19.0 Å². The van der Waals surface area contributed by atoms with Crippen LogP contribution in [-0.4, -0.2) is 31.7 Å². The Hall–Kier alpha value is -3.02. The molecule has 0 radical (unpaired) electrons. The molecule has 26 heavy (non-hydrogen) atoms. The van der Waals surface area contributed by atoms with Crippen molar-refractivity contribution in [3.05, 3.63) is 53.6 Å². The number of nitrogens with one attached hydrogen (secondary N) is 1. The van der Waals surface area contributed by atoms with Crippen LogP contribution in [0.25, 0.3) is 0 Å². The third-order valence-corrected chi connectivity index (χ3v) is 3.71. The second-order valence-electron chi connectivity index (χ2n) is 5.91. The van der Waals surface area contributed by atoms with E-state index in [4.69, 9.17) is 14.2 Å². The lowest BCUT2D eigenvalue weighted by Crippen LogP contribution is -2.31. The number of benzene rings is 2. The first-order valence-corrected chi connectivity index (χ1v) is 8.23. The zero-order chi connectivity index (χ0) is 19.1. The minimum absolute atomic E-state index is 0.260. The first-order valence-electron chi connectivity index (χ1n) is 8.23. The monoisotopic (exact) mass is 357 g/mol. The van der Waals surface area contributed by atoms with Crippen LogP contribution in [0, 0.1) is 13.8 Å². The lowest BCUT2D eigenvalue weighted by atomic mass is 10.1. The number of amides is 1. The molecule has 0 aliphatic carbocycles. The molecule has 2 rings (SSSR count). The van der Waals surface area contributed by atoms with E-state index in [9.17, 15) is 9.59 Å². The van der Waals surface area contributed by atoms with Gasteiger partial charge in [0, 0.05) is 5.69 Å². The van der Waals surface area contributed by atoms with Crippen molar-refractivity contribution in [3.8, 4) is 11.5 Å². The summed E-state index contributed by atoms with van der Waals surface area (Å²) in [6.45, 7) is 5.13. The zero-order valence-electron chi connectivity index (χ0n) is 15.4. The highest BCUT2D eigenvalue weighted by Crippen LogP contribution is 2.19. The zero-order valence-corrected chi connectivity index (χ0v) is 15.4. The number of carbonyl (C=O) groups excluding carboxylic acids is 2. The maximum atomic E-state index is 12.1. The van der Waals surface area contributed by atoms with Gasteiger partial charge in [0.25, 0.3) is 5.91 Å². The number of anilines is 1. The molecule has 0 aliphatic rings. The van der Waals surface area contributed by atoms with Crippen molar-refractivity contribution in [1.82, 2.24) is 0 Å². The molecule has 0 aliphatic heterocycles. The fourth-order valence-corrected chi connectivity index (χ4v) is 2.30. The summed E-state index contributed by atoms with van der Waals surface area (Å²) < 4.78 is 15.6. The van der Waals surface area contributed by atoms with E-state index in [1.165, 1.54) is 6.92 Å². The Bertz CT molecular complexity index is 770. The van der Waals surface area contributed by atoms with Gasteiger partial charge in [0.15, 0.2) is 12.7 Å². The number of ether oxygens (including phenoxy) is 3. The largest absolute Gasteiger partial charge is 0.497 e. The molecule has 0 heterocycles. The summed E-state index contributed by atoms with van der Waals surface area (Å²) in [5.41, 5.74) is 2.63. The van der Waals surface area contributed by atoms with Crippen LogP contribution in [-0.2, 0) is 14.3 Å². The summed E-state index contributed by atoms with van der Waals surface area (Å²) in [5, 5.41) is 2.67. The van der Waals surface area contributed by atoms with Crippen LogP contribution in [0.15, 0.2) is 42.5 Å². The maximum absolute atomic E-state index is 12.1. The standard InChI is InChI=1S/C20H23NO5/c1-13-5-10-18(14(2)11-13)25-12-19(22)26-15(3)20(23)21-16-6-8-17(24-4)9-7-16/h5-11,15H,12H2,1-4H3,(H,21,23)/t15-/m0/s1. The molecule has 0 saturated heterocycles. The van der Waals surface area contributed by atoms with E-state index in [0.29, 0.717) is 17.2 Å². The van der Waals surface area contributed by atoms with Gasteiger partial charge in [0.1, 0.15) is 11.5 Å². The van der Waals surface area contributed by atoms with Crippen LogP contribution in [0.4, 0.5) is 5.69 Å². The Morgan fingerprint density at radius 1 is 1.08 bits per heavy atom. The molecule has 0 saturated carbocycles. The van der Waals surface area contributed by atoms with E-state index in [-0.39, 0.29) is 6.61 Å². The topological polar surface area (TPSA) is 73.9 Å². The molecule has 2 aromatic rings. The third-order valence-electron chi connectivity index (χ3n) is 3.71. The van der Waals surface area contributed by atoms with Gasteiger partial charge in [-0.1, -0.05) is 17.7 Å². The van der Waals surface area contributed by atoms with Crippen LogP contribution in [0.5, 0.6) is 11.5 Å². The molecule has 0 bridgehead atoms. The Balaban J connectivity index is 1.82. The lowest BCUT2D eigenvalue weighted by Gasteiger charge is -2.14. The molecule has 6 heteroatoms. The number of carbonyl (C=O) groups is 2. The minimum Gasteiger partial charge on any atom is -0.497 e. The highest BCUT2D eigenvalue weighted by molar-refractivity contribution is 5.95. The highest BCUT2D eigenvalue weighted by Gasteiger charge is 2.18. The predicted octanol–water partition coefficient (Wildman–Crippen LogP) is 3.26. The first kappa shape index (κ1) is 19.3. The van der Waals surface area contributed by atoms with Gasteiger partial charge in [0.05, 0.1) is 7.11 Å². The normalized spacial score (nSPS) is 11.4. The summed E-state index contributed by atoms with van der Waals surface area (Å²) >= 11 is 0.